The van der Waals surface area contributed by atoms with Crippen molar-refractivity contribution in [2.75, 3.05) is 13.7 Å². The molecule has 0 aliphatic carbocycles. The summed E-state index contributed by atoms with van der Waals surface area (Å²) < 4.78 is 11.0. The quantitative estimate of drug-likeness (QED) is 0.865. The van der Waals surface area contributed by atoms with Crippen molar-refractivity contribution in [1.82, 2.24) is 0 Å². The van der Waals surface area contributed by atoms with Crippen LogP contribution in [0.25, 0.3) is 0 Å². The van der Waals surface area contributed by atoms with Crippen molar-refractivity contribution in [3.8, 4) is 11.5 Å². The summed E-state index contributed by atoms with van der Waals surface area (Å²) in [7, 11) is 1.67. The smallest absolute Gasteiger partial charge is 0.122 e. The maximum atomic E-state index is 6.10. The van der Waals surface area contributed by atoms with Crippen molar-refractivity contribution in [2.45, 2.75) is 12.5 Å². The average molecular weight is 257 g/mol. The first-order valence-electron chi connectivity index (χ1n) is 6.35. The van der Waals surface area contributed by atoms with Gasteiger partial charge in [-0.3, -0.25) is 0 Å². The summed E-state index contributed by atoms with van der Waals surface area (Å²) >= 11 is 0. The van der Waals surface area contributed by atoms with Crippen LogP contribution < -0.4 is 15.2 Å². The van der Waals surface area contributed by atoms with Crippen LogP contribution in [0.1, 0.15) is 5.56 Å². The van der Waals surface area contributed by atoms with Crippen LogP contribution in [0.4, 0.5) is 0 Å². The van der Waals surface area contributed by atoms with Gasteiger partial charge in [-0.25, -0.2) is 0 Å². The SMILES string of the molecule is COc1ccccc1CC(N)COc1ccccc1. The highest BCUT2D eigenvalue weighted by Gasteiger charge is 2.09. The highest BCUT2D eigenvalue weighted by atomic mass is 16.5. The molecule has 2 N–H and O–H groups in total. The van der Waals surface area contributed by atoms with E-state index in [9.17, 15) is 0 Å². The Hall–Kier alpha value is -2.00. The van der Waals surface area contributed by atoms with Gasteiger partial charge in [-0.15, -0.1) is 0 Å². The molecule has 0 saturated carbocycles. The van der Waals surface area contributed by atoms with Gasteiger partial charge in [0, 0.05) is 6.04 Å². The van der Waals surface area contributed by atoms with E-state index in [1.165, 1.54) is 0 Å². The van der Waals surface area contributed by atoms with E-state index in [1.54, 1.807) is 7.11 Å². The summed E-state index contributed by atoms with van der Waals surface area (Å²) in [6.45, 7) is 0.488. The molecule has 0 radical (unpaired) electrons. The Balaban J connectivity index is 1.89. The van der Waals surface area contributed by atoms with Crippen molar-refractivity contribution >= 4 is 0 Å². The maximum absolute atomic E-state index is 6.10. The number of methoxy groups -OCH3 is 1. The van der Waals surface area contributed by atoms with Crippen LogP contribution in [-0.2, 0) is 6.42 Å². The molecular formula is C16H19NO2. The molecule has 0 spiro atoms. The number of hydrogen-bond donors (Lipinski definition) is 1. The second-order valence-electron chi connectivity index (χ2n) is 4.40. The fraction of sp³-hybridized carbons (Fsp3) is 0.250. The van der Waals surface area contributed by atoms with E-state index < -0.39 is 0 Å². The molecule has 0 aliphatic heterocycles. The number of hydrogen-bond acceptors (Lipinski definition) is 3. The van der Waals surface area contributed by atoms with Crippen molar-refractivity contribution in [3.63, 3.8) is 0 Å². The summed E-state index contributed by atoms with van der Waals surface area (Å²) in [5.74, 6) is 1.72. The molecular weight excluding hydrogens is 238 g/mol. The first kappa shape index (κ1) is 13.4. The molecule has 1 unspecified atom stereocenters. The van der Waals surface area contributed by atoms with Crippen LogP contribution >= 0.6 is 0 Å². The summed E-state index contributed by atoms with van der Waals surface area (Å²) in [5, 5.41) is 0. The van der Waals surface area contributed by atoms with E-state index in [-0.39, 0.29) is 6.04 Å². The Bertz CT molecular complexity index is 499. The number of benzene rings is 2. The van der Waals surface area contributed by atoms with Crippen molar-refractivity contribution < 1.29 is 9.47 Å². The molecule has 0 aliphatic rings. The molecule has 1 atom stereocenters. The number of nitrogens with two attached hydrogens (primary N) is 1. The van der Waals surface area contributed by atoms with Gasteiger partial charge >= 0.3 is 0 Å². The van der Waals surface area contributed by atoms with E-state index in [0.29, 0.717) is 6.61 Å². The van der Waals surface area contributed by atoms with Gasteiger partial charge in [0.05, 0.1) is 7.11 Å². The Labute approximate surface area is 114 Å². The molecule has 19 heavy (non-hydrogen) atoms. The van der Waals surface area contributed by atoms with Crippen LogP contribution in [0.15, 0.2) is 54.6 Å². The van der Waals surface area contributed by atoms with Gasteiger partial charge < -0.3 is 15.2 Å². The third-order valence-corrected chi connectivity index (χ3v) is 2.88. The molecule has 0 amide bonds. The Morgan fingerprint density at radius 2 is 1.68 bits per heavy atom. The van der Waals surface area contributed by atoms with E-state index in [4.69, 9.17) is 15.2 Å². The van der Waals surface area contributed by atoms with E-state index in [1.807, 2.05) is 54.6 Å². The summed E-state index contributed by atoms with van der Waals surface area (Å²) in [6, 6.07) is 17.6. The first-order valence-corrected chi connectivity index (χ1v) is 6.35. The predicted molar refractivity (Wildman–Crippen MR) is 76.6 cm³/mol. The fourth-order valence-electron chi connectivity index (χ4n) is 1.93. The fourth-order valence-corrected chi connectivity index (χ4v) is 1.93. The molecule has 3 heteroatoms. The minimum Gasteiger partial charge on any atom is -0.496 e. The van der Waals surface area contributed by atoms with Crippen LogP contribution in [0.2, 0.25) is 0 Å². The summed E-state index contributed by atoms with van der Waals surface area (Å²) in [6.07, 6.45) is 0.733. The molecule has 2 aromatic rings. The van der Waals surface area contributed by atoms with E-state index >= 15 is 0 Å². The lowest BCUT2D eigenvalue weighted by molar-refractivity contribution is 0.286. The monoisotopic (exact) mass is 257 g/mol. The highest BCUT2D eigenvalue weighted by molar-refractivity contribution is 5.33. The molecule has 2 rings (SSSR count). The topological polar surface area (TPSA) is 44.5 Å². The zero-order chi connectivity index (χ0) is 13.5. The van der Waals surface area contributed by atoms with Crippen LogP contribution in [0, 0.1) is 0 Å². The first-order chi connectivity index (χ1) is 9.29. The van der Waals surface area contributed by atoms with Crippen LogP contribution in [0.5, 0.6) is 11.5 Å². The maximum Gasteiger partial charge on any atom is 0.122 e. The van der Waals surface area contributed by atoms with Crippen molar-refractivity contribution in [1.29, 1.82) is 0 Å². The zero-order valence-corrected chi connectivity index (χ0v) is 11.1. The normalized spacial score (nSPS) is 11.9. The van der Waals surface area contributed by atoms with Gasteiger partial charge in [0.15, 0.2) is 0 Å². The summed E-state index contributed by atoms with van der Waals surface area (Å²) in [4.78, 5) is 0. The zero-order valence-electron chi connectivity index (χ0n) is 11.1. The van der Waals surface area contributed by atoms with Gasteiger partial charge in [-0.05, 0) is 30.2 Å². The molecule has 0 fully saturated rings. The van der Waals surface area contributed by atoms with Crippen LogP contribution in [0.3, 0.4) is 0 Å². The lowest BCUT2D eigenvalue weighted by Crippen LogP contribution is -2.30. The Morgan fingerprint density at radius 3 is 2.42 bits per heavy atom. The van der Waals surface area contributed by atoms with Crippen molar-refractivity contribution in [2.24, 2.45) is 5.73 Å². The molecule has 0 saturated heterocycles. The van der Waals surface area contributed by atoms with Gasteiger partial charge in [-0.1, -0.05) is 36.4 Å². The minimum absolute atomic E-state index is 0.0588. The average Bonchev–Trinajstić information content (AvgIpc) is 2.47. The van der Waals surface area contributed by atoms with Crippen LogP contribution in [-0.4, -0.2) is 19.8 Å². The van der Waals surface area contributed by atoms with Gasteiger partial charge in [0.1, 0.15) is 18.1 Å². The summed E-state index contributed by atoms with van der Waals surface area (Å²) in [5.41, 5.74) is 7.20. The second kappa shape index (κ2) is 6.81. The largest absolute Gasteiger partial charge is 0.496 e. The number of ether oxygens (including phenoxy) is 2. The predicted octanol–water partition coefficient (Wildman–Crippen LogP) is 2.64. The molecule has 100 valence electrons. The Kier molecular flexibility index (Phi) is 4.81. The number of rotatable bonds is 6. The minimum atomic E-state index is -0.0588. The van der Waals surface area contributed by atoms with E-state index in [0.717, 1.165) is 23.5 Å². The van der Waals surface area contributed by atoms with Gasteiger partial charge in [-0.2, -0.15) is 0 Å². The third-order valence-electron chi connectivity index (χ3n) is 2.88. The lowest BCUT2D eigenvalue weighted by Gasteiger charge is -2.15. The molecule has 0 bridgehead atoms. The van der Waals surface area contributed by atoms with Crippen molar-refractivity contribution in [3.05, 3.63) is 60.2 Å². The second-order valence-corrected chi connectivity index (χ2v) is 4.40. The highest BCUT2D eigenvalue weighted by Crippen LogP contribution is 2.18. The Morgan fingerprint density at radius 1 is 1.00 bits per heavy atom. The molecule has 0 heterocycles. The molecule has 0 aromatic heterocycles. The third kappa shape index (κ3) is 4.00. The lowest BCUT2D eigenvalue weighted by atomic mass is 10.1. The molecule has 2 aromatic carbocycles. The number of para-hydroxylation sites is 2. The van der Waals surface area contributed by atoms with Gasteiger partial charge in [0.25, 0.3) is 0 Å². The van der Waals surface area contributed by atoms with Gasteiger partial charge in [0.2, 0.25) is 0 Å². The molecule has 3 nitrogen and oxygen atoms in total. The van der Waals surface area contributed by atoms with E-state index in [2.05, 4.69) is 0 Å². The standard InChI is InChI=1S/C16H19NO2/c1-18-16-10-6-5-7-13(16)11-14(17)12-19-15-8-3-2-4-9-15/h2-10,14H,11-12,17H2,1H3.